The number of nitrogen functional groups attached to an aromatic ring is 1. The number of anilines is 1. The van der Waals surface area contributed by atoms with E-state index in [1.165, 1.54) is 12.1 Å². The van der Waals surface area contributed by atoms with Gasteiger partial charge >= 0.3 is 0 Å². The van der Waals surface area contributed by atoms with Crippen molar-refractivity contribution in [2.75, 3.05) is 5.73 Å². The van der Waals surface area contributed by atoms with Gasteiger partial charge in [0.2, 0.25) is 0 Å². The molecular weight excluding hydrogens is 305 g/mol. The second kappa shape index (κ2) is 6.71. The number of halogens is 1. The number of hydrogen-bond donors (Lipinski definition) is 1. The quantitative estimate of drug-likeness (QED) is 0.483. The van der Waals surface area contributed by atoms with Gasteiger partial charge in [-0.1, -0.05) is 66.9 Å². The minimum Gasteiger partial charge on any atom is -0.398 e. The molecular formula is C20H16FNS. The number of para-hydroxylation sites is 1. The fourth-order valence-electron chi connectivity index (χ4n) is 2.26. The molecule has 0 amide bonds. The van der Waals surface area contributed by atoms with Gasteiger partial charge in [0.25, 0.3) is 0 Å². The monoisotopic (exact) mass is 321 g/mol. The van der Waals surface area contributed by atoms with Gasteiger partial charge in [0, 0.05) is 15.5 Å². The van der Waals surface area contributed by atoms with Crippen molar-refractivity contribution in [3.05, 3.63) is 90.8 Å². The van der Waals surface area contributed by atoms with E-state index in [0.717, 1.165) is 32.2 Å². The first kappa shape index (κ1) is 15.4. The normalized spacial score (nSPS) is 10.5. The van der Waals surface area contributed by atoms with Crippen LogP contribution in [0.15, 0.2) is 84.3 Å². The molecule has 3 aromatic rings. The van der Waals surface area contributed by atoms with Crippen molar-refractivity contribution >= 4 is 22.4 Å². The third-order valence-electron chi connectivity index (χ3n) is 3.54. The Kier molecular flexibility index (Phi) is 4.49. The van der Waals surface area contributed by atoms with Crippen molar-refractivity contribution in [3.63, 3.8) is 0 Å². The highest BCUT2D eigenvalue weighted by Crippen LogP contribution is 2.36. The van der Waals surface area contributed by atoms with E-state index in [2.05, 4.69) is 6.58 Å². The van der Waals surface area contributed by atoms with Crippen LogP contribution in [-0.2, 0) is 0 Å². The molecule has 2 N–H and O–H groups in total. The molecule has 0 bridgehead atoms. The molecule has 0 aliphatic heterocycles. The van der Waals surface area contributed by atoms with E-state index in [1.54, 1.807) is 23.9 Å². The van der Waals surface area contributed by atoms with Gasteiger partial charge in [-0.15, -0.1) is 0 Å². The summed E-state index contributed by atoms with van der Waals surface area (Å²) in [5.74, 6) is -0.226. The van der Waals surface area contributed by atoms with Gasteiger partial charge in [-0.2, -0.15) is 0 Å². The summed E-state index contributed by atoms with van der Waals surface area (Å²) >= 11 is 1.56. The highest BCUT2D eigenvalue weighted by molar-refractivity contribution is 8.08. The van der Waals surface area contributed by atoms with Crippen molar-refractivity contribution in [2.45, 2.75) is 4.90 Å². The minimum absolute atomic E-state index is 0.226. The lowest BCUT2D eigenvalue weighted by atomic mass is 10.0. The molecule has 0 saturated carbocycles. The summed E-state index contributed by atoms with van der Waals surface area (Å²) in [7, 11) is 0. The summed E-state index contributed by atoms with van der Waals surface area (Å²) in [4.78, 5) is 1.94. The third-order valence-corrected chi connectivity index (χ3v) is 4.61. The van der Waals surface area contributed by atoms with Gasteiger partial charge < -0.3 is 5.73 Å². The predicted molar refractivity (Wildman–Crippen MR) is 97.6 cm³/mol. The summed E-state index contributed by atoms with van der Waals surface area (Å²) in [6, 6.07) is 22.3. The zero-order chi connectivity index (χ0) is 16.2. The first-order chi connectivity index (χ1) is 11.1. The van der Waals surface area contributed by atoms with Gasteiger partial charge in [0.15, 0.2) is 0 Å². The van der Waals surface area contributed by atoms with Crippen LogP contribution < -0.4 is 5.73 Å². The maximum Gasteiger partial charge on any atom is 0.123 e. The molecule has 114 valence electrons. The van der Waals surface area contributed by atoms with Gasteiger partial charge in [-0.25, -0.2) is 4.39 Å². The van der Waals surface area contributed by atoms with Crippen LogP contribution in [0.1, 0.15) is 5.56 Å². The number of thioether (sulfide) groups is 1. The summed E-state index contributed by atoms with van der Waals surface area (Å²) in [6.45, 7) is 4.13. The molecule has 0 unspecified atom stereocenters. The fraction of sp³-hybridized carbons (Fsp3) is 0. The van der Waals surface area contributed by atoms with Crippen LogP contribution in [0.25, 0.3) is 16.0 Å². The SMILES string of the molecule is C=C(Sc1ccccc1N)c1ccc(-c2ccc(F)cc2)cc1. The van der Waals surface area contributed by atoms with Gasteiger partial charge in [0.1, 0.15) is 5.82 Å². The van der Waals surface area contributed by atoms with E-state index in [1.807, 2.05) is 48.5 Å². The van der Waals surface area contributed by atoms with Crippen LogP contribution in [0.2, 0.25) is 0 Å². The van der Waals surface area contributed by atoms with Crippen LogP contribution in [0.4, 0.5) is 10.1 Å². The summed E-state index contributed by atoms with van der Waals surface area (Å²) in [6.07, 6.45) is 0. The van der Waals surface area contributed by atoms with E-state index in [0.29, 0.717) is 0 Å². The molecule has 0 heterocycles. The van der Waals surface area contributed by atoms with Crippen LogP contribution in [0.5, 0.6) is 0 Å². The van der Waals surface area contributed by atoms with Crippen LogP contribution in [0, 0.1) is 5.82 Å². The van der Waals surface area contributed by atoms with Crippen molar-refractivity contribution in [1.29, 1.82) is 0 Å². The Morgan fingerprint density at radius 1 is 0.826 bits per heavy atom. The largest absolute Gasteiger partial charge is 0.398 e. The van der Waals surface area contributed by atoms with E-state index in [4.69, 9.17) is 5.73 Å². The van der Waals surface area contributed by atoms with E-state index < -0.39 is 0 Å². The molecule has 0 aromatic heterocycles. The standard InChI is InChI=1S/C20H16FNS/c1-14(23-20-5-3-2-4-19(20)22)15-6-8-16(9-7-15)17-10-12-18(21)13-11-17/h2-13H,1,22H2. The Bertz CT molecular complexity index is 823. The third kappa shape index (κ3) is 3.63. The molecule has 1 nitrogen and oxygen atoms in total. The lowest BCUT2D eigenvalue weighted by Crippen LogP contribution is -1.88. The van der Waals surface area contributed by atoms with Gasteiger partial charge in [0.05, 0.1) is 0 Å². The lowest BCUT2D eigenvalue weighted by Gasteiger charge is -2.09. The number of hydrogen-bond acceptors (Lipinski definition) is 2. The first-order valence-corrected chi connectivity index (χ1v) is 8.03. The summed E-state index contributed by atoms with van der Waals surface area (Å²) in [5, 5.41) is 0. The maximum absolute atomic E-state index is 13.0. The zero-order valence-corrected chi connectivity index (χ0v) is 13.3. The van der Waals surface area contributed by atoms with Crippen LogP contribution >= 0.6 is 11.8 Å². The highest BCUT2D eigenvalue weighted by Gasteiger charge is 2.05. The van der Waals surface area contributed by atoms with Crippen LogP contribution in [0.3, 0.4) is 0 Å². The van der Waals surface area contributed by atoms with Gasteiger partial charge in [-0.3, -0.25) is 0 Å². The minimum atomic E-state index is -0.226. The topological polar surface area (TPSA) is 26.0 Å². The Hall–Kier alpha value is -2.52. The Morgan fingerprint density at radius 2 is 1.39 bits per heavy atom. The molecule has 0 saturated heterocycles. The number of rotatable bonds is 4. The lowest BCUT2D eigenvalue weighted by molar-refractivity contribution is 0.628. The van der Waals surface area contributed by atoms with Crippen molar-refractivity contribution < 1.29 is 4.39 Å². The molecule has 23 heavy (non-hydrogen) atoms. The molecule has 3 heteroatoms. The zero-order valence-electron chi connectivity index (χ0n) is 12.5. The first-order valence-electron chi connectivity index (χ1n) is 7.21. The highest BCUT2D eigenvalue weighted by atomic mass is 32.2. The molecule has 0 atom stereocenters. The van der Waals surface area contributed by atoms with Crippen LogP contribution in [-0.4, -0.2) is 0 Å². The number of benzene rings is 3. The molecule has 3 aromatic carbocycles. The van der Waals surface area contributed by atoms with E-state index >= 15 is 0 Å². The average Bonchev–Trinajstić information content (AvgIpc) is 2.58. The average molecular weight is 321 g/mol. The summed E-state index contributed by atoms with van der Waals surface area (Å²) in [5.41, 5.74) is 9.80. The van der Waals surface area contributed by atoms with E-state index in [-0.39, 0.29) is 5.82 Å². The number of nitrogens with two attached hydrogens (primary N) is 1. The Morgan fingerprint density at radius 3 is 2.00 bits per heavy atom. The van der Waals surface area contributed by atoms with Gasteiger partial charge in [-0.05, 0) is 41.0 Å². The maximum atomic E-state index is 13.0. The van der Waals surface area contributed by atoms with Crippen molar-refractivity contribution in [3.8, 4) is 11.1 Å². The predicted octanol–water partition coefficient (Wildman–Crippen LogP) is 5.84. The molecule has 3 rings (SSSR count). The van der Waals surface area contributed by atoms with E-state index in [9.17, 15) is 4.39 Å². The molecule has 0 aliphatic rings. The van der Waals surface area contributed by atoms with Crippen molar-refractivity contribution in [2.24, 2.45) is 0 Å². The molecule has 0 fully saturated rings. The molecule has 0 spiro atoms. The Labute approximate surface area is 139 Å². The Balaban J connectivity index is 1.78. The second-order valence-corrected chi connectivity index (χ2v) is 6.28. The smallest absolute Gasteiger partial charge is 0.123 e. The molecule has 0 radical (unpaired) electrons. The molecule has 0 aliphatic carbocycles. The second-order valence-electron chi connectivity index (χ2n) is 5.15. The van der Waals surface area contributed by atoms with Crippen molar-refractivity contribution in [1.82, 2.24) is 0 Å². The summed E-state index contributed by atoms with van der Waals surface area (Å²) < 4.78 is 13.0. The fourth-order valence-corrected chi connectivity index (χ4v) is 3.11.